The molecule has 0 spiro atoms. The molecule has 0 amide bonds. The Morgan fingerprint density at radius 3 is 2.89 bits per heavy atom. The Hall–Kier alpha value is -1.20. The van der Waals surface area contributed by atoms with E-state index >= 15 is 0 Å². The van der Waals surface area contributed by atoms with E-state index in [0.29, 0.717) is 11.6 Å². The van der Waals surface area contributed by atoms with Crippen LogP contribution in [-0.4, -0.2) is 47.8 Å². The minimum absolute atomic E-state index is 0.227. The van der Waals surface area contributed by atoms with Crippen LogP contribution in [0.2, 0.25) is 0 Å². The van der Waals surface area contributed by atoms with Crippen LogP contribution in [0.3, 0.4) is 0 Å². The summed E-state index contributed by atoms with van der Waals surface area (Å²) < 4.78 is 13.3. The Labute approximate surface area is 107 Å². The zero-order valence-electron chi connectivity index (χ0n) is 10.5. The van der Waals surface area contributed by atoms with E-state index in [1.807, 2.05) is 0 Å². The molecule has 0 aromatic carbocycles. The summed E-state index contributed by atoms with van der Waals surface area (Å²) in [5, 5.41) is 12.0. The van der Waals surface area contributed by atoms with Gasteiger partial charge in [-0.05, 0) is 37.9 Å². The molecule has 4 nitrogen and oxygen atoms in total. The number of pyridine rings is 1. The number of nitrogens with one attached hydrogen (secondary N) is 1. The van der Waals surface area contributed by atoms with Crippen LogP contribution < -0.4 is 5.32 Å². The zero-order chi connectivity index (χ0) is 12.8. The third-order valence-electron chi connectivity index (χ3n) is 3.48. The zero-order valence-corrected chi connectivity index (χ0v) is 10.5. The van der Waals surface area contributed by atoms with Crippen molar-refractivity contribution in [3.8, 4) is 0 Å². The second-order valence-electron chi connectivity index (χ2n) is 4.75. The molecule has 1 fully saturated rings. The summed E-state index contributed by atoms with van der Waals surface area (Å²) in [6.07, 6.45) is 5.01. The van der Waals surface area contributed by atoms with Gasteiger partial charge in [-0.15, -0.1) is 0 Å². The quantitative estimate of drug-likeness (QED) is 0.831. The predicted octanol–water partition coefficient (Wildman–Crippen LogP) is 1.34. The van der Waals surface area contributed by atoms with Crippen molar-refractivity contribution in [2.45, 2.75) is 12.8 Å². The minimum Gasteiger partial charge on any atom is -0.395 e. The first-order valence-electron chi connectivity index (χ1n) is 6.46. The Morgan fingerprint density at radius 2 is 2.22 bits per heavy atom. The van der Waals surface area contributed by atoms with Gasteiger partial charge in [0.05, 0.1) is 18.5 Å². The van der Waals surface area contributed by atoms with Gasteiger partial charge in [-0.2, -0.15) is 0 Å². The van der Waals surface area contributed by atoms with Gasteiger partial charge in [0.2, 0.25) is 0 Å². The maximum atomic E-state index is 13.3. The van der Waals surface area contributed by atoms with Gasteiger partial charge in [-0.3, -0.25) is 4.98 Å². The lowest BCUT2D eigenvalue weighted by Crippen LogP contribution is -2.37. The van der Waals surface area contributed by atoms with Gasteiger partial charge in [0.1, 0.15) is 0 Å². The fourth-order valence-corrected chi connectivity index (χ4v) is 2.33. The Balaban J connectivity index is 1.74. The SMILES string of the molecule is OCCN1CCC(CNc2ccncc2F)CC1. The second-order valence-corrected chi connectivity index (χ2v) is 4.75. The molecule has 2 N–H and O–H groups in total. The highest BCUT2D eigenvalue weighted by Crippen LogP contribution is 2.18. The van der Waals surface area contributed by atoms with E-state index in [4.69, 9.17) is 5.11 Å². The smallest absolute Gasteiger partial charge is 0.164 e. The molecule has 2 rings (SSSR count). The van der Waals surface area contributed by atoms with Gasteiger partial charge < -0.3 is 15.3 Å². The van der Waals surface area contributed by atoms with Crippen LogP contribution in [-0.2, 0) is 0 Å². The summed E-state index contributed by atoms with van der Waals surface area (Å²) in [4.78, 5) is 5.99. The van der Waals surface area contributed by atoms with E-state index < -0.39 is 0 Å². The van der Waals surface area contributed by atoms with E-state index in [1.54, 1.807) is 12.3 Å². The molecule has 18 heavy (non-hydrogen) atoms. The number of anilines is 1. The lowest BCUT2D eigenvalue weighted by molar-refractivity contribution is 0.151. The van der Waals surface area contributed by atoms with Crippen molar-refractivity contribution in [2.24, 2.45) is 5.92 Å². The maximum Gasteiger partial charge on any atom is 0.164 e. The largest absolute Gasteiger partial charge is 0.395 e. The molecule has 1 aromatic rings. The summed E-state index contributed by atoms with van der Waals surface area (Å²) >= 11 is 0. The van der Waals surface area contributed by atoms with Crippen molar-refractivity contribution >= 4 is 5.69 Å². The molecule has 5 heteroatoms. The molecule has 0 atom stereocenters. The number of aromatic nitrogens is 1. The Morgan fingerprint density at radius 1 is 1.44 bits per heavy atom. The normalized spacial score (nSPS) is 17.9. The highest BCUT2D eigenvalue weighted by molar-refractivity contribution is 5.42. The first kappa shape index (κ1) is 13.2. The van der Waals surface area contributed by atoms with Crippen LogP contribution in [0.1, 0.15) is 12.8 Å². The second kappa shape index (κ2) is 6.66. The summed E-state index contributed by atoms with van der Waals surface area (Å²) in [5.41, 5.74) is 0.530. The number of nitrogens with zero attached hydrogens (tertiary/aromatic N) is 2. The summed E-state index contributed by atoms with van der Waals surface area (Å²) in [6.45, 7) is 3.83. The van der Waals surface area contributed by atoms with Crippen LogP contribution in [0.25, 0.3) is 0 Å². The van der Waals surface area contributed by atoms with Crippen LogP contribution in [0.4, 0.5) is 10.1 Å². The van der Waals surface area contributed by atoms with Crippen molar-refractivity contribution < 1.29 is 9.50 Å². The predicted molar refractivity (Wildman–Crippen MR) is 68.9 cm³/mol. The summed E-state index contributed by atoms with van der Waals surface area (Å²) in [5.74, 6) is 0.280. The van der Waals surface area contributed by atoms with Crippen LogP contribution in [0.15, 0.2) is 18.5 Å². The monoisotopic (exact) mass is 253 g/mol. The first-order valence-corrected chi connectivity index (χ1v) is 6.46. The fourth-order valence-electron chi connectivity index (χ4n) is 2.33. The number of hydrogen-bond acceptors (Lipinski definition) is 4. The standard InChI is InChI=1S/C13H20FN3O/c14-12-10-15-4-1-13(12)16-9-11-2-5-17(6-3-11)7-8-18/h1,4,10-11,18H,2-3,5-9H2,(H,15,16). The van der Waals surface area contributed by atoms with Gasteiger partial charge in [0.15, 0.2) is 5.82 Å². The van der Waals surface area contributed by atoms with Gasteiger partial charge in [-0.1, -0.05) is 0 Å². The molecule has 1 saturated heterocycles. The van der Waals surface area contributed by atoms with Crippen molar-refractivity contribution in [3.63, 3.8) is 0 Å². The average molecular weight is 253 g/mol. The topological polar surface area (TPSA) is 48.4 Å². The molecule has 0 saturated carbocycles. The molecular weight excluding hydrogens is 233 g/mol. The van der Waals surface area contributed by atoms with Gasteiger partial charge in [0, 0.05) is 19.3 Å². The molecular formula is C13H20FN3O. The molecule has 1 aromatic heterocycles. The minimum atomic E-state index is -0.296. The highest BCUT2D eigenvalue weighted by Gasteiger charge is 2.18. The number of rotatable bonds is 5. The van der Waals surface area contributed by atoms with E-state index in [9.17, 15) is 4.39 Å². The first-order chi connectivity index (χ1) is 8.79. The lowest BCUT2D eigenvalue weighted by Gasteiger charge is -2.31. The van der Waals surface area contributed by atoms with E-state index in [-0.39, 0.29) is 12.4 Å². The number of hydrogen-bond donors (Lipinski definition) is 2. The van der Waals surface area contributed by atoms with Crippen molar-refractivity contribution in [2.75, 3.05) is 38.1 Å². The molecule has 1 aliphatic heterocycles. The van der Waals surface area contributed by atoms with Crippen LogP contribution >= 0.6 is 0 Å². The summed E-state index contributed by atoms with van der Waals surface area (Å²) in [7, 11) is 0. The van der Waals surface area contributed by atoms with Crippen LogP contribution in [0, 0.1) is 11.7 Å². The molecule has 1 aliphatic rings. The lowest BCUT2D eigenvalue weighted by atomic mass is 9.97. The van der Waals surface area contributed by atoms with E-state index in [2.05, 4.69) is 15.2 Å². The van der Waals surface area contributed by atoms with Gasteiger partial charge in [-0.25, -0.2) is 4.39 Å². The molecule has 0 bridgehead atoms. The highest BCUT2D eigenvalue weighted by atomic mass is 19.1. The molecule has 2 heterocycles. The van der Waals surface area contributed by atoms with Crippen molar-refractivity contribution in [1.82, 2.24) is 9.88 Å². The summed E-state index contributed by atoms with van der Waals surface area (Å²) in [6, 6.07) is 1.66. The number of likely N-dealkylation sites (tertiary alicyclic amines) is 1. The third-order valence-corrected chi connectivity index (χ3v) is 3.48. The average Bonchev–Trinajstić information content (AvgIpc) is 2.40. The Kier molecular flexibility index (Phi) is 4.90. The van der Waals surface area contributed by atoms with Crippen LogP contribution in [0.5, 0.6) is 0 Å². The molecule has 0 unspecified atom stereocenters. The number of halogens is 1. The van der Waals surface area contributed by atoms with E-state index in [1.165, 1.54) is 6.20 Å². The molecule has 0 radical (unpaired) electrons. The van der Waals surface area contributed by atoms with Gasteiger partial charge >= 0.3 is 0 Å². The number of aliphatic hydroxyl groups is 1. The number of β-amino-alcohol motifs (C(OH)–C–C–N with tert-alkyl or cyclic N) is 1. The van der Waals surface area contributed by atoms with Gasteiger partial charge in [0.25, 0.3) is 0 Å². The molecule has 0 aliphatic carbocycles. The van der Waals surface area contributed by atoms with E-state index in [0.717, 1.165) is 39.0 Å². The maximum absolute atomic E-state index is 13.3. The van der Waals surface area contributed by atoms with Crippen molar-refractivity contribution in [1.29, 1.82) is 0 Å². The Bertz CT molecular complexity index is 367. The number of aliphatic hydroxyl groups excluding tert-OH is 1. The fraction of sp³-hybridized carbons (Fsp3) is 0.615. The molecule has 100 valence electrons. The van der Waals surface area contributed by atoms with Crippen molar-refractivity contribution in [3.05, 3.63) is 24.3 Å². The number of piperidine rings is 1. The third kappa shape index (κ3) is 3.65.